The van der Waals surface area contributed by atoms with Crippen molar-refractivity contribution in [3.63, 3.8) is 0 Å². The van der Waals surface area contributed by atoms with E-state index < -0.39 is 27.9 Å². The standard InChI is InChI=1S/C15H15ClF3N3OS/c1-3-22-7-6-20-14(22)24-9(2)13(23)21-10-4-5-12(16)11(8-10)15(17,18)19/h4-9H,3H2,1-2H3,(H,21,23). The van der Waals surface area contributed by atoms with Crippen LogP contribution in [-0.4, -0.2) is 20.7 Å². The molecule has 1 aromatic carbocycles. The van der Waals surface area contributed by atoms with Gasteiger partial charge in [-0.3, -0.25) is 4.79 Å². The second kappa shape index (κ2) is 7.48. The highest BCUT2D eigenvalue weighted by atomic mass is 35.5. The highest BCUT2D eigenvalue weighted by Gasteiger charge is 2.33. The Morgan fingerprint density at radius 2 is 2.17 bits per heavy atom. The number of carbonyl (C=O) groups excluding carboxylic acids is 1. The molecule has 1 heterocycles. The molecular formula is C15H15ClF3N3OS. The number of carbonyl (C=O) groups is 1. The Morgan fingerprint density at radius 1 is 1.46 bits per heavy atom. The number of benzene rings is 1. The van der Waals surface area contributed by atoms with Crippen molar-refractivity contribution in [1.82, 2.24) is 9.55 Å². The van der Waals surface area contributed by atoms with Gasteiger partial charge >= 0.3 is 6.18 Å². The number of nitrogens with zero attached hydrogens (tertiary/aromatic N) is 2. The first-order chi connectivity index (χ1) is 11.2. The number of hydrogen-bond acceptors (Lipinski definition) is 3. The number of hydrogen-bond donors (Lipinski definition) is 1. The average molecular weight is 378 g/mol. The van der Waals surface area contributed by atoms with Crippen LogP contribution in [0.4, 0.5) is 18.9 Å². The van der Waals surface area contributed by atoms with Crippen LogP contribution < -0.4 is 5.32 Å². The quantitative estimate of drug-likeness (QED) is 0.768. The summed E-state index contributed by atoms with van der Waals surface area (Å²) in [6, 6.07) is 3.27. The molecule has 1 aromatic heterocycles. The largest absolute Gasteiger partial charge is 0.417 e. The minimum atomic E-state index is -4.58. The maximum atomic E-state index is 12.8. The predicted octanol–water partition coefficient (Wildman–Crippen LogP) is 4.69. The number of halogens is 4. The summed E-state index contributed by atoms with van der Waals surface area (Å²) in [7, 11) is 0. The van der Waals surface area contributed by atoms with Crippen LogP contribution in [0, 0.1) is 0 Å². The van der Waals surface area contributed by atoms with Crippen LogP contribution in [0.3, 0.4) is 0 Å². The number of alkyl halides is 3. The molecule has 1 amide bonds. The van der Waals surface area contributed by atoms with E-state index in [1.165, 1.54) is 17.8 Å². The number of thioether (sulfide) groups is 1. The van der Waals surface area contributed by atoms with Gasteiger partial charge in [-0.25, -0.2) is 4.98 Å². The molecule has 0 aliphatic carbocycles. The van der Waals surface area contributed by atoms with Crippen LogP contribution in [0.2, 0.25) is 5.02 Å². The van der Waals surface area contributed by atoms with E-state index in [1.807, 2.05) is 11.5 Å². The van der Waals surface area contributed by atoms with Gasteiger partial charge in [0.05, 0.1) is 15.8 Å². The summed E-state index contributed by atoms with van der Waals surface area (Å²) >= 11 is 6.79. The van der Waals surface area contributed by atoms with Crippen molar-refractivity contribution in [2.45, 2.75) is 37.0 Å². The zero-order valence-corrected chi connectivity index (χ0v) is 14.5. The molecule has 0 fully saturated rings. The normalized spacial score (nSPS) is 12.9. The van der Waals surface area contributed by atoms with Crippen LogP contribution >= 0.6 is 23.4 Å². The number of aromatic nitrogens is 2. The number of aryl methyl sites for hydroxylation is 1. The number of imidazole rings is 1. The van der Waals surface area contributed by atoms with Crippen LogP contribution in [0.1, 0.15) is 19.4 Å². The van der Waals surface area contributed by atoms with E-state index >= 15 is 0 Å². The maximum Gasteiger partial charge on any atom is 0.417 e. The fourth-order valence-electron chi connectivity index (χ4n) is 1.93. The lowest BCUT2D eigenvalue weighted by molar-refractivity contribution is -0.137. The van der Waals surface area contributed by atoms with Crippen LogP contribution in [0.5, 0.6) is 0 Å². The first kappa shape index (κ1) is 18.7. The van der Waals surface area contributed by atoms with Crippen molar-refractivity contribution in [1.29, 1.82) is 0 Å². The minimum absolute atomic E-state index is 0.0445. The Bertz CT molecular complexity index is 733. The van der Waals surface area contributed by atoms with Crippen LogP contribution in [0.25, 0.3) is 0 Å². The smallest absolute Gasteiger partial charge is 0.326 e. The Kier molecular flexibility index (Phi) is 5.82. The first-order valence-electron chi connectivity index (χ1n) is 7.07. The molecule has 2 rings (SSSR count). The van der Waals surface area contributed by atoms with Gasteiger partial charge in [-0.15, -0.1) is 0 Å². The first-order valence-corrected chi connectivity index (χ1v) is 8.33. The zero-order valence-electron chi connectivity index (χ0n) is 12.9. The van der Waals surface area contributed by atoms with Gasteiger partial charge in [-0.1, -0.05) is 23.4 Å². The number of amides is 1. The maximum absolute atomic E-state index is 12.8. The van der Waals surface area contributed by atoms with Gasteiger partial charge in [0, 0.05) is 24.6 Å². The van der Waals surface area contributed by atoms with E-state index in [4.69, 9.17) is 11.6 Å². The third-order valence-corrected chi connectivity index (χ3v) is 4.66. The van der Waals surface area contributed by atoms with Gasteiger partial charge in [0.25, 0.3) is 0 Å². The van der Waals surface area contributed by atoms with E-state index in [2.05, 4.69) is 10.3 Å². The Morgan fingerprint density at radius 3 is 2.79 bits per heavy atom. The molecular weight excluding hydrogens is 363 g/mol. The van der Waals surface area contributed by atoms with Gasteiger partial charge in [-0.05, 0) is 32.0 Å². The Labute approximate surface area is 146 Å². The molecule has 0 saturated carbocycles. The van der Waals surface area contributed by atoms with E-state index in [0.717, 1.165) is 12.1 Å². The van der Waals surface area contributed by atoms with Gasteiger partial charge in [0.2, 0.25) is 5.91 Å². The van der Waals surface area contributed by atoms with Gasteiger partial charge in [-0.2, -0.15) is 13.2 Å². The summed E-state index contributed by atoms with van der Waals surface area (Å²) in [6.07, 6.45) is -1.16. The molecule has 1 unspecified atom stereocenters. The summed E-state index contributed by atoms with van der Waals surface area (Å²) < 4.78 is 40.4. The predicted molar refractivity (Wildman–Crippen MR) is 88.3 cm³/mol. The van der Waals surface area contributed by atoms with Crippen LogP contribution in [0.15, 0.2) is 35.7 Å². The van der Waals surface area contributed by atoms with E-state index in [9.17, 15) is 18.0 Å². The van der Waals surface area contributed by atoms with E-state index in [-0.39, 0.29) is 5.69 Å². The molecule has 0 bridgehead atoms. The highest BCUT2D eigenvalue weighted by Crippen LogP contribution is 2.36. The minimum Gasteiger partial charge on any atom is -0.326 e. The molecule has 9 heteroatoms. The fourth-order valence-corrected chi connectivity index (χ4v) is 3.08. The summed E-state index contributed by atoms with van der Waals surface area (Å²) in [5, 5.41) is 2.21. The molecule has 1 atom stereocenters. The fraction of sp³-hybridized carbons (Fsp3) is 0.333. The summed E-state index contributed by atoms with van der Waals surface area (Å²) in [6.45, 7) is 4.32. The number of rotatable bonds is 5. The topological polar surface area (TPSA) is 46.9 Å². The monoisotopic (exact) mass is 377 g/mol. The molecule has 1 N–H and O–H groups in total. The molecule has 130 valence electrons. The lowest BCUT2D eigenvalue weighted by atomic mass is 10.2. The van der Waals surface area contributed by atoms with Gasteiger partial charge < -0.3 is 9.88 Å². The lowest BCUT2D eigenvalue weighted by Gasteiger charge is -2.14. The third-order valence-electron chi connectivity index (χ3n) is 3.21. The van der Waals surface area contributed by atoms with Crippen molar-refractivity contribution >= 4 is 35.0 Å². The van der Waals surface area contributed by atoms with E-state index in [0.29, 0.717) is 11.7 Å². The third kappa shape index (κ3) is 4.45. The second-order valence-electron chi connectivity index (χ2n) is 4.94. The summed E-state index contributed by atoms with van der Waals surface area (Å²) in [5.41, 5.74) is -0.938. The lowest BCUT2D eigenvalue weighted by Crippen LogP contribution is -2.23. The van der Waals surface area contributed by atoms with Crippen molar-refractivity contribution in [2.75, 3.05) is 5.32 Å². The molecule has 24 heavy (non-hydrogen) atoms. The van der Waals surface area contributed by atoms with Crippen LogP contribution in [-0.2, 0) is 17.5 Å². The molecule has 2 aromatic rings. The molecule has 0 spiro atoms. The molecule has 0 aliphatic heterocycles. The Balaban J connectivity index is 2.09. The average Bonchev–Trinajstić information content (AvgIpc) is 2.95. The van der Waals surface area contributed by atoms with Gasteiger partial charge in [0.1, 0.15) is 0 Å². The highest BCUT2D eigenvalue weighted by molar-refractivity contribution is 8.00. The zero-order chi connectivity index (χ0) is 17.9. The van der Waals surface area contributed by atoms with Gasteiger partial charge in [0.15, 0.2) is 5.16 Å². The van der Waals surface area contributed by atoms with Crippen molar-refractivity contribution in [3.05, 3.63) is 41.2 Å². The molecule has 0 saturated heterocycles. The van der Waals surface area contributed by atoms with Crippen molar-refractivity contribution in [3.8, 4) is 0 Å². The van der Waals surface area contributed by atoms with Crippen molar-refractivity contribution in [2.24, 2.45) is 0 Å². The number of nitrogens with one attached hydrogen (secondary N) is 1. The SMILES string of the molecule is CCn1ccnc1SC(C)C(=O)Nc1ccc(Cl)c(C(F)(F)F)c1. The number of anilines is 1. The second-order valence-corrected chi connectivity index (χ2v) is 6.65. The summed E-state index contributed by atoms with van der Waals surface area (Å²) in [4.78, 5) is 16.4. The molecule has 0 aliphatic rings. The molecule has 4 nitrogen and oxygen atoms in total. The van der Waals surface area contributed by atoms with E-state index in [1.54, 1.807) is 19.3 Å². The molecule has 0 radical (unpaired) electrons. The summed E-state index contributed by atoms with van der Waals surface area (Å²) in [5.74, 6) is -0.416. The Hall–Kier alpha value is -1.67. The van der Waals surface area contributed by atoms with Crippen molar-refractivity contribution < 1.29 is 18.0 Å².